The third-order valence-corrected chi connectivity index (χ3v) is 3.35. The van der Waals surface area contributed by atoms with E-state index in [1.807, 2.05) is 31.7 Å². The molecule has 1 saturated heterocycles. The van der Waals surface area contributed by atoms with Crippen molar-refractivity contribution in [3.63, 3.8) is 0 Å². The molecule has 0 aliphatic carbocycles. The normalized spacial score (nSPS) is 27.8. The average Bonchev–Trinajstić information content (AvgIpc) is 2.41. The SMILES string of the molecule is C/C=C(\CC)C(=O)N1CCCC(C)(O)CC1. The van der Waals surface area contributed by atoms with Gasteiger partial charge in [0.1, 0.15) is 0 Å². The second-order valence-electron chi connectivity index (χ2n) is 4.81. The molecule has 0 aromatic carbocycles. The van der Waals surface area contributed by atoms with Crippen molar-refractivity contribution < 1.29 is 9.90 Å². The molecular formula is C13H23NO2. The molecule has 0 radical (unpaired) electrons. The summed E-state index contributed by atoms with van der Waals surface area (Å²) < 4.78 is 0. The summed E-state index contributed by atoms with van der Waals surface area (Å²) >= 11 is 0. The fraction of sp³-hybridized carbons (Fsp3) is 0.769. The molecule has 92 valence electrons. The maximum absolute atomic E-state index is 12.1. The zero-order chi connectivity index (χ0) is 12.2. The molecule has 0 aromatic heterocycles. The number of nitrogens with zero attached hydrogens (tertiary/aromatic N) is 1. The van der Waals surface area contributed by atoms with Gasteiger partial charge in [0.2, 0.25) is 5.91 Å². The second-order valence-corrected chi connectivity index (χ2v) is 4.81. The average molecular weight is 225 g/mol. The molecular weight excluding hydrogens is 202 g/mol. The number of amides is 1. The summed E-state index contributed by atoms with van der Waals surface area (Å²) in [4.78, 5) is 14.0. The van der Waals surface area contributed by atoms with Gasteiger partial charge in [-0.1, -0.05) is 13.0 Å². The van der Waals surface area contributed by atoms with E-state index in [2.05, 4.69) is 0 Å². The lowest BCUT2D eigenvalue weighted by atomic mass is 9.98. The van der Waals surface area contributed by atoms with Gasteiger partial charge in [-0.2, -0.15) is 0 Å². The van der Waals surface area contributed by atoms with Gasteiger partial charge in [-0.15, -0.1) is 0 Å². The molecule has 1 amide bonds. The van der Waals surface area contributed by atoms with Crippen molar-refractivity contribution in [2.45, 2.75) is 52.1 Å². The van der Waals surface area contributed by atoms with Crippen LogP contribution in [0, 0.1) is 0 Å². The second kappa shape index (κ2) is 5.48. The summed E-state index contributed by atoms with van der Waals surface area (Å²) in [6.45, 7) is 7.21. The van der Waals surface area contributed by atoms with E-state index in [1.54, 1.807) is 0 Å². The predicted octanol–water partition coefficient (Wildman–Crippen LogP) is 2.11. The van der Waals surface area contributed by atoms with Crippen LogP contribution in [0.5, 0.6) is 0 Å². The van der Waals surface area contributed by atoms with Crippen LogP contribution in [0.1, 0.15) is 46.5 Å². The minimum absolute atomic E-state index is 0.141. The summed E-state index contributed by atoms with van der Waals surface area (Å²) in [7, 11) is 0. The topological polar surface area (TPSA) is 40.5 Å². The Labute approximate surface area is 98.1 Å². The third kappa shape index (κ3) is 3.34. The van der Waals surface area contributed by atoms with E-state index in [0.29, 0.717) is 13.0 Å². The minimum Gasteiger partial charge on any atom is -0.390 e. The third-order valence-electron chi connectivity index (χ3n) is 3.35. The highest BCUT2D eigenvalue weighted by Gasteiger charge is 2.27. The summed E-state index contributed by atoms with van der Waals surface area (Å²) in [5, 5.41) is 9.95. The number of hydrogen-bond donors (Lipinski definition) is 1. The molecule has 1 atom stereocenters. The standard InChI is InChI=1S/C13H23NO2/c1-4-11(5-2)12(15)14-9-6-7-13(3,16)8-10-14/h4,16H,5-10H2,1-3H3/b11-4+. The van der Waals surface area contributed by atoms with Crippen molar-refractivity contribution in [1.82, 2.24) is 4.90 Å². The lowest BCUT2D eigenvalue weighted by Crippen LogP contribution is -2.34. The largest absolute Gasteiger partial charge is 0.390 e. The first-order valence-corrected chi connectivity index (χ1v) is 6.17. The maximum Gasteiger partial charge on any atom is 0.249 e. The van der Waals surface area contributed by atoms with Gasteiger partial charge >= 0.3 is 0 Å². The lowest BCUT2D eigenvalue weighted by Gasteiger charge is -2.23. The van der Waals surface area contributed by atoms with Gasteiger partial charge in [0, 0.05) is 18.7 Å². The first-order valence-electron chi connectivity index (χ1n) is 6.17. The Bertz CT molecular complexity index is 282. The van der Waals surface area contributed by atoms with Crippen LogP contribution in [0.25, 0.3) is 0 Å². The number of carbonyl (C=O) groups excluding carboxylic acids is 1. The minimum atomic E-state index is -0.600. The van der Waals surface area contributed by atoms with Gasteiger partial charge in [0.05, 0.1) is 5.60 Å². The Kier molecular flexibility index (Phi) is 4.54. The lowest BCUT2D eigenvalue weighted by molar-refractivity contribution is -0.127. The number of aliphatic hydroxyl groups is 1. The quantitative estimate of drug-likeness (QED) is 0.731. The van der Waals surface area contributed by atoms with Crippen LogP contribution in [-0.2, 0) is 4.79 Å². The molecule has 1 heterocycles. The van der Waals surface area contributed by atoms with Crippen molar-refractivity contribution in [2.75, 3.05) is 13.1 Å². The highest BCUT2D eigenvalue weighted by molar-refractivity contribution is 5.93. The number of carbonyl (C=O) groups is 1. The van der Waals surface area contributed by atoms with Crippen LogP contribution in [0.4, 0.5) is 0 Å². The van der Waals surface area contributed by atoms with Crippen LogP contribution in [0.3, 0.4) is 0 Å². The van der Waals surface area contributed by atoms with Crippen LogP contribution in [0.15, 0.2) is 11.6 Å². The zero-order valence-corrected chi connectivity index (χ0v) is 10.6. The molecule has 1 aliphatic heterocycles. The van der Waals surface area contributed by atoms with Gasteiger partial charge in [0.15, 0.2) is 0 Å². The van der Waals surface area contributed by atoms with Crippen molar-refractivity contribution in [3.05, 3.63) is 11.6 Å². The van der Waals surface area contributed by atoms with Gasteiger partial charge in [-0.25, -0.2) is 0 Å². The Morgan fingerprint density at radius 1 is 1.44 bits per heavy atom. The Morgan fingerprint density at radius 2 is 2.12 bits per heavy atom. The molecule has 3 nitrogen and oxygen atoms in total. The van der Waals surface area contributed by atoms with Crippen molar-refractivity contribution in [1.29, 1.82) is 0 Å². The van der Waals surface area contributed by atoms with E-state index in [9.17, 15) is 9.90 Å². The van der Waals surface area contributed by atoms with E-state index in [4.69, 9.17) is 0 Å². The van der Waals surface area contributed by atoms with Gasteiger partial charge < -0.3 is 10.0 Å². The molecule has 1 N–H and O–H groups in total. The molecule has 0 saturated carbocycles. The maximum atomic E-state index is 12.1. The van der Waals surface area contributed by atoms with Crippen molar-refractivity contribution in [2.24, 2.45) is 0 Å². The Morgan fingerprint density at radius 3 is 2.69 bits per heavy atom. The summed E-state index contributed by atoms with van der Waals surface area (Å²) in [5.41, 5.74) is 0.277. The monoisotopic (exact) mass is 225 g/mol. The Balaban J connectivity index is 2.65. The molecule has 1 unspecified atom stereocenters. The first kappa shape index (κ1) is 13.2. The van der Waals surface area contributed by atoms with Gasteiger partial charge in [0.25, 0.3) is 0 Å². The van der Waals surface area contributed by atoms with E-state index >= 15 is 0 Å². The van der Waals surface area contributed by atoms with E-state index in [-0.39, 0.29) is 5.91 Å². The van der Waals surface area contributed by atoms with E-state index in [0.717, 1.165) is 31.4 Å². The number of likely N-dealkylation sites (tertiary alicyclic amines) is 1. The van der Waals surface area contributed by atoms with Crippen molar-refractivity contribution >= 4 is 5.91 Å². The smallest absolute Gasteiger partial charge is 0.249 e. The first-order chi connectivity index (χ1) is 7.50. The van der Waals surface area contributed by atoms with E-state index < -0.39 is 5.60 Å². The van der Waals surface area contributed by atoms with Crippen LogP contribution < -0.4 is 0 Å². The molecule has 1 aliphatic rings. The molecule has 16 heavy (non-hydrogen) atoms. The van der Waals surface area contributed by atoms with Gasteiger partial charge in [-0.05, 0) is 39.5 Å². The van der Waals surface area contributed by atoms with E-state index in [1.165, 1.54) is 0 Å². The molecule has 0 bridgehead atoms. The fourth-order valence-corrected chi connectivity index (χ4v) is 2.15. The van der Waals surface area contributed by atoms with Crippen LogP contribution in [-0.4, -0.2) is 34.6 Å². The molecule has 0 aromatic rings. The zero-order valence-electron chi connectivity index (χ0n) is 10.6. The predicted molar refractivity (Wildman–Crippen MR) is 65.1 cm³/mol. The summed E-state index contributed by atoms with van der Waals surface area (Å²) in [6.07, 6.45) is 5.03. The van der Waals surface area contributed by atoms with Gasteiger partial charge in [-0.3, -0.25) is 4.79 Å². The van der Waals surface area contributed by atoms with Crippen molar-refractivity contribution in [3.8, 4) is 0 Å². The molecule has 1 rings (SSSR count). The highest BCUT2D eigenvalue weighted by Crippen LogP contribution is 2.22. The number of allylic oxidation sites excluding steroid dienone is 1. The van der Waals surface area contributed by atoms with Crippen LogP contribution in [0.2, 0.25) is 0 Å². The fourth-order valence-electron chi connectivity index (χ4n) is 2.15. The molecule has 1 fully saturated rings. The molecule has 3 heteroatoms. The number of rotatable bonds is 2. The van der Waals surface area contributed by atoms with Crippen LogP contribution >= 0.6 is 0 Å². The Hall–Kier alpha value is -0.830. The molecule has 0 spiro atoms. The highest BCUT2D eigenvalue weighted by atomic mass is 16.3. The summed E-state index contributed by atoms with van der Waals surface area (Å²) in [5.74, 6) is 0.141. The summed E-state index contributed by atoms with van der Waals surface area (Å²) in [6, 6.07) is 0. The number of hydrogen-bond acceptors (Lipinski definition) is 2.